The molecule has 0 fully saturated rings. The van der Waals surface area contributed by atoms with Crippen LogP contribution in [0.4, 0.5) is 0 Å². The minimum atomic E-state index is -0.000820. The van der Waals surface area contributed by atoms with Crippen molar-refractivity contribution in [3.05, 3.63) is 83.1 Å². The Balaban J connectivity index is 1.54. The van der Waals surface area contributed by atoms with E-state index in [1.807, 2.05) is 49.1 Å². The molecule has 1 aliphatic rings. The zero-order chi connectivity index (χ0) is 26.1. The lowest BCUT2D eigenvalue weighted by atomic mass is 9.96. The number of rotatable bonds is 6. The highest BCUT2D eigenvalue weighted by Crippen LogP contribution is 2.42. The molecule has 3 aromatic carbocycles. The summed E-state index contributed by atoms with van der Waals surface area (Å²) in [6, 6.07) is 16.2. The predicted molar refractivity (Wildman–Crippen MR) is 145 cm³/mol. The molecule has 0 saturated heterocycles. The highest BCUT2D eigenvalue weighted by molar-refractivity contribution is 6.02. The molecule has 37 heavy (non-hydrogen) atoms. The topological polar surface area (TPSA) is 61.1 Å². The van der Waals surface area contributed by atoms with Gasteiger partial charge in [-0.1, -0.05) is 30.3 Å². The van der Waals surface area contributed by atoms with E-state index in [1.54, 1.807) is 33.7 Å². The van der Waals surface area contributed by atoms with Crippen molar-refractivity contribution in [2.75, 3.05) is 27.9 Å². The van der Waals surface area contributed by atoms with Crippen molar-refractivity contribution in [1.82, 2.24) is 4.90 Å². The Bertz CT molecular complexity index is 1510. The molecule has 0 bridgehead atoms. The van der Waals surface area contributed by atoms with Gasteiger partial charge >= 0.3 is 0 Å². The van der Waals surface area contributed by atoms with Gasteiger partial charge in [-0.2, -0.15) is 0 Å². The van der Waals surface area contributed by atoms with E-state index in [0.717, 1.165) is 45.2 Å². The van der Waals surface area contributed by atoms with Crippen molar-refractivity contribution >= 4 is 22.4 Å². The van der Waals surface area contributed by atoms with Crippen LogP contribution in [-0.4, -0.2) is 38.7 Å². The van der Waals surface area contributed by atoms with Gasteiger partial charge in [-0.15, -0.1) is 0 Å². The molecule has 1 amide bonds. The third-order valence-corrected chi connectivity index (χ3v) is 7.15. The van der Waals surface area contributed by atoms with Gasteiger partial charge in [0.05, 0.1) is 27.6 Å². The van der Waals surface area contributed by atoms with Crippen LogP contribution < -0.4 is 14.2 Å². The molecule has 1 aromatic heterocycles. The third-order valence-electron chi connectivity index (χ3n) is 7.15. The van der Waals surface area contributed by atoms with E-state index in [2.05, 4.69) is 18.2 Å². The van der Waals surface area contributed by atoms with Gasteiger partial charge in [-0.3, -0.25) is 4.79 Å². The number of carbonyl (C=O) groups is 1. The predicted octanol–water partition coefficient (Wildman–Crippen LogP) is 6.42. The molecule has 1 aliphatic heterocycles. The summed E-state index contributed by atoms with van der Waals surface area (Å²) >= 11 is 0. The maximum absolute atomic E-state index is 13.3. The van der Waals surface area contributed by atoms with E-state index in [-0.39, 0.29) is 5.91 Å². The number of nitrogens with zero attached hydrogens (tertiary/aromatic N) is 1. The molecule has 0 radical (unpaired) electrons. The highest BCUT2D eigenvalue weighted by atomic mass is 16.5. The molecular formula is C31H31NO5. The number of allylic oxidation sites excluding steroid dienone is 1. The molecular weight excluding hydrogens is 466 g/mol. The lowest BCUT2D eigenvalue weighted by Gasteiger charge is -2.28. The quantitative estimate of drug-likeness (QED) is 0.288. The first-order chi connectivity index (χ1) is 17.9. The van der Waals surface area contributed by atoms with Crippen molar-refractivity contribution in [2.45, 2.75) is 26.8 Å². The fourth-order valence-electron chi connectivity index (χ4n) is 5.14. The molecule has 0 saturated carbocycles. The Labute approximate surface area is 217 Å². The highest BCUT2D eigenvalue weighted by Gasteiger charge is 2.22. The minimum Gasteiger partial charge on any atom is -0.496 e. The number of methoxy groups -OCH3 is 3. The smallest absolute Gasteiger partial charge is 0.247 e. The SMILES string of the molecule is COc1ccc(-c2coc3c(C)c(OC)c(/C(C)=C/C(=O)N4CCc5ccccc5C4)cc23)cc1OC. The second-order valence-electron chi connectivity index (χ2n) is 9.28. The molecule has 6 heteroatoms. The van der Waals surface area contributed by atoms with Gasteiger partial charge in [0.1, 0.15) is 11.3 Å². The summed E-state index contributed by atoms with van der Waals surface area (Å²) in [5.41, 5.74) is 7.72. The van der Waals surface area contributed by atoms with Crippen molar-refractivity contribution < 1.29 is 23.4 Å². The summed E-state index contributed by atoms with van der Waals surface area (Å²) in [4.78, 5) is 15.2. The molecule has 190 valence electrons. The van der Waals surface area contributed by atoms with Crippen molar-refractivity contribution in [3.63, 3.8) is 0 Å². The Morgan fingerprint density at radius 3 is 2.46 bits per heavy atom. The number of amides is 1. The van der Waals surface area contributed by atoms with Gasteiger partial charge in [-0.05, 0) is 60.7 Å². The Hall–Kier alpha value is -4.19. The van der Waals surface area contributed by atoms with Crippen LogP contribution in [0.25, 0.3) is 27.7 Å². The molecule has 6 nitrogen and oxygen atoms in total. The second-order valence-corrected chi connectivity index (χ2v) is 9.28. The molecule has 5 rings (SSSR count). The monoisotopic (exact) mass is 497 g/mol. The van der Waals surface area contributed by atoms with Crippen LogP contribution in [-0.2, 0) is 17.8 Å². The molecule has 0 unspecified atom stereocenters. The number of aryl methyl sites for hydroxylation is 1. The maximum Gasteiger partial charge on any atom is 0.247 e. The number of carbonyl (C=O) groups excluding carboxylic acids is 1. The Morgan fingerprint density at radius 2 is 1.73 bits per heavy atom. The van der Waals surface area contributed by atoms with Gasteiger partial charge in [-0.25, -0.2) is 0 Å². The van der Waals surface area contributed by atoms with Gasteiger partial charge in [0.2, 0.25) is 5.91 Å². The average molecular weight is 498 g/mol. The fourth-order valence-corrected chi connectivity index (χ4v) is 5.14. The molecule has 0 atom stereocenters. The van der Waals surface area contributed by atoms with Gasteiger partial charge in [0.25, 0.3) is 0 Å². The first-order valence-electron chi connectivity index (χ1n) is 12.3. The molecule has 0 spiro atoms. The van der Waals surface area contributed by atoms with Gasteiger partial charge < -0.3 is 23.5 Å². The number of hydrogen-bond donors (Lipinski definition) is 0. The molecule has 0 aliphatic carbocycles. The van der Waals surface area contributed by atoms with E-state index in [1.165, 1.54) is 11.1 Å². The van der Waals surface area contributed by atoms with E-state index in [0.29, 0.717) is 30.3 Å². The summed E-state index contributed by atoms with van der Waals surface area (Å²) in [5, 5.41) is 0.938. The van der Waals surface area contributed by atoms with Gasteiger partial charge in [0.15, 0.2) is 11.5 Å². The van der Waals surface area contributed by atoms with Crippen LogP contribution in [0, 0.1) is 6.92 Å². The fraction of sp³-hybridized carbons (Fsp3) is 0.258. The first-order valence-corrected chi connectivity index (χ1v) is 12.3. The largest absolute Gasteiger partial charge is 0.496 e. The second kappa shape index (κ2) is 10.1. The number of furan rings is 1. The zero-order valence-electron chi connectivity index (χ0n) is 21.9. The van der Waals surface area contributed by atoms with E-state index in [4.69, 9.17) is 18.6 Å². The van der Waals surface area contributed by atoms with E-state index >= 15 is 0 Å². The molecule has 0 N–H and O–H groups in total. The molecule has 4 aromatic rings. The summed E-state index contributed by atoms with van der Waals surface area (Å²) in [6.45, 7) is 5.26. The Kier molecular flexibility index (Phi) is 6.66. The van der Waals surface area contributed by atoms with Crippen molar-refractivity contribution in [2.24, 2.45) is 0 Å². The normalized spacial score (nSPS) is 13.4. The lowest BCUT2D eigenvalue weighted by Crippen LogP contribution is -2.34. The van der Waals surface area contributed by atoms with Crippen molar-refractivity contribution in [3.8, 4) is 28.4 Å². The number of fused-ring (bicyclic) bond motifs is 2. The van der Waals surface area contributed by atoms with Crippen molar-refractivity contribution in [1.29, 1.82) is 0 Å². The first kappa shape index (κ1) is 24.5. The van der Waals surface area contributed by atoms with Crippen LogP contribution in [0.1, 0.15) is 29.2 Å². The van der Waals surface area contributed by atoms with Crippen LogP contribution in [0.2, 0.25) is 0 Å². The summed E-state index contributed by atoms with van der Waals surface area (Å²) in [5.74, 6) is 2.00. The Morgan fingerprint density at radius 1 is 0.973 bits per heavy atom. The zero-order valence-corrected chi connectivity index (χ0v) is 21.9. The summed E-state index contributed by atoms with van der Waals surface area (Å²) in [7, 11) is 4.88. The average Bonchev–Trinajstić information content (AvgIpc) is 3.36. The number of hydrogen-bond acceptors (Lipinski definition) is 5. The minimum absolute atomic E-state index is 0.000820. The summed E-state index contributed by atoms with van der Waals surface area (Å²) < 4.78 is 22.7. The van der Waals surface area contributed by atoms with Gasteiger partial charge in [0, 0.05) is 41.2 Å². The lowest BCUT2D eigenvalue weighted by molar-refractivity contribution is -0.126. The summed E-state index contributed by atoms with van der Waals surface area (Å²) in [6.07, 6.45) is 4.33. The number of ether oxygens (including phenoxy) is 3. The molecule has 2 heterocycles. The van der Waals surface area contributed by atoms with Crippen LogP contribution in [0.5, 0.6) is 17.2 Å². The number of benzene rings is 3. The third kappa shape index (κ3) is 4.44. The maximum atomic E-state index is 13.3. The van der Waals surface area contributed by atoms with Crippen LogP contribution in [0.3, 0.4) is 0 Å². The van der Waals surface area contributed by atoms with Crippen LogP contribution >= 0.6 is 0 Å². The van der Waals surface area contributed by atoms with E-state index < -0.39 is 0 Å². The van der Waals surface area contributed by atoms with E-state index in [9.17, 15) is 4.79 Å². The van der Waals surface area contributed by atoms with Crippen LogP contribution in [0.15, 0.2) is 65.3 Å². The standard InChI is InChI=1S/C31H31NO5/c1-19(14-29(33)32-13-12-21-8-6-7-9-23(21)17-32)24-16-25-26(18-37-31(25)20(2)30(24)36-5)22-10-11-27(34-3)28(15-22)35-4/h6-11,14-16,18H,12-13,17H2,1-5H3/b19-14+.